The summed E-state index contributed by atoms with van der Waals surface area (Å²) in [7, 11) is 0. The zero-order valence-corrected chi connectivity index (χ0v) is 7.64. The van der Waals surface area contributed by atoms with E-state index in [0.717, 1.165) is 11.3 Å². The zero-order chi connectivity index (χ0) is 9.84. The maximum absolute atomic E-state index is 11.3. The van der Waals surface area contributed by atoms with E-state index < -0.39 is 0 Å². The molecule has 0 aliphatic rings. The Labute approximate surface area is 76.7 Å². The van der Waals surface area contributed by atoms with E-state index >= 15 is 0 Å². The van der Waals surface area contributed by atoms with E-state index in [4.69, 9.17) is 6.42 Å². The van der Waals surface area contributed by atoms with Crippen LogP contribution in [0.2, 0.25) is 0 Å². The van der Waals surface area contributed by atoms with Crippen molar-refractivity contribution in [3.05, 3.63) is 17.0 Å². The molecule has 0 unspecified atom stereocenters. The molecule has 0 aromatic carbocycles. The highest BCUT2D eigenvalue weighted by Crippen LogP contribution is 2.07. The molecule has 0 radical (unpaired) electrons. The van der Waals surface area contributed by atoms with E-state index in [9.17, 15) is 4.79 Å². The average molecular weight is 177 g/mol. The number of amides is 1. The standard InChI is InChI=1S/C9H11N3O/c1-4-5-10-9(13)8-6(2)7(3)11-12-8/h1H,5H2,2-3H3,(H,10,13)(H,11,12). The van der Waals surface area contributed by atoms with Crippen molar-refractivity contribution < 1.29 is 4.79 Å². The monoisotopic (exact) mass is 177 g/mol. The van der Waals surface area contributed by atoms with Crippen molar-refractivity contribution in [2.75, 3.05) is 6.54 Å². The van der Waals surface area contributed by atoms with Crippen LogP contribution in [-0.2, 0) is 0 Å². The van der Waals surface area contributed by atoms with Gasteiger partial charge in [-0.3, -0.25) is 9.89 Å². The third-order valence-corrected chi connectivity index (χ3v) is 1.82. The molecule has 13 heavy (non-hydrogen) atoms. The van der Waals surface area contributed by atoms with Crippen molar-refractivity contribution in [1.82, 2.24) is 15.5 Å². The minimum absolute atomic E-state index is 0.226. The molecule has 4 heteroatoms. The van der Waals surface area contributed by atoms with Crippen molar-refractivity contribution in [3.8, 4) is 12.3 Å². The molecular formula is C9H11N3O. The lowest BCUT2D eigenvalue weighted by atomic mass is 10.2. The summed E-state index contributed by atoms with van der Waals surface area (Å²) in [6.07, 6.45) is 5.01. The number of nitrogens with zero attached hydrogens (tertiary/aromatic N) is 1. The molecule has 0 atom stereocenters. The van der Waals surface area contributed by atoms with Gasteiger partial charge in [0.15, 0.2) is 5.69 Å². The Balaban J connectivity index is 2.78. The molecule has 0 fully saturated rings. The van der Waals surface area contributed by atoms with Crippen molar-refractivity contribution in [3.63, 3.8) is 0 Å². The highest BCUT2D eigenvalue weighted by Gasteiger charge is 2.12. The summed E-state index contributed by atoms with van der Waals surface area (Å²) in [6.45, 7) is 3.92. The topological polar surface area (TPSA) is 57.8 Å². The Bertz CT molecular complexity index is 359. The number of carbonyl (C=O) groups is 1. The third kappa shape index (κ3) is 1.88. The lowest BCUT2D eigenvalue weighted by Crippen LogP contribution is -2.24. The van der Waals surface area contributed by atoms with Gasteiger partial charge in [-0.1, -0.05) is 5.92 Å². The summed E-state index contributed by atoms with van der Waals surface area (Å²) < 4.78 is 0. The molecule has 0 aliphatic heterocycles. The highest BCUT2D eigenvalue weighted by atomic mass is 16.1. The Morgan fingerprint density at radius 1 is 1.69 bits per heavy atom. The minimum atomic E-state index is -0.236. The summed E-state index contributed by atoms with van der Waals surface area (Å²) in [5, 5.41) is 9.14. The summed E-state index contributed by atoms with van der Waals surface area (Å²) in [5.41, 5.74) is 2.16. The molecule has 1 aromatic heterocycles. The maximum Gasteiger partial charge on any atom is 0.272 e. The molecule has 1 amide bonds. The Kier molecular flexibility index (Phi) is 2.70. The van der Waals surface area contributed by atoms with Gasteiger partial charge in [-0.2, -0.15) is 5.10 Å². The van der Waals surface area contributed by atoms with Crippen LogP contribution < -0.4 is 5.32 Å². The first kappa shape index (κ1) is 9.33. The number of terminal acetylenes is 1. The molecule has 1 heterocycles. The van der Waals surface area contributed by atoms with Crippen molar-refractivity contribution in [2.24, 2.45) is 0 Å². The van der Waals surface area contributed by atoms with Gasteiger partial charge in [0.1, 0.15) is 0 Å². The van der Waals surface area contributed by atoms with Gasteiger partial charge in [-0.05, 0) is 13.8 Å². The molecule has 68 valence electrons. The largest absolute Gasteiger partial charge is 0.340 e. The van der Waals surface area contributed by atoms with Gasteiger partial charge in [0, 0.05) is 11.3 Å². The molecule has 2 N–H and O–H groups in total. The van der Waals surface area contributed by atoms with Gasteiger partial charge >= 0.3 is 0 Å². The SMILES string of the molecule is C#CCNC(=O)c1n[nH]c(C)c1C. The Morgan fingerprint density at radius 3 is 2.85 bits per heavy atom. The van der Waals surface area contributed by atoms with Crippen LogP contribution in [0.1, 0.15) is 21.7 Å². The van der Waals surface area contributed by atoms with E-state index in [0.29, 0.717) is 5.69 Å². The quantitative estimate of drug-likeness (QED) is 0.642. The number of nitrogens with one attached hydrogen (secondary N) is 2. The van der Waals surface area contributed by atoms with Gasteiger partial charge in [0.2, 0.25) is 0 Å². The predicted octanol–water partition coefficient (Wildman–Crippen LogP) is 0.390. The van der Waals surface area contributed by atoms with Crippen molar-refractivity contribution in [2.45, 2.75) is 13.8 Å². The predicted molar refractivity (Wildman–Crippen MR) is 49.2 cm³/mol. The number of aromatic nitrogens is 2. The van der Waals surface area contributed by atoms with Crippen LogP contribution in [0.3, 0.4) is 0 Å². The molecule has 0 spiro atoms. The summed E-state index contributed by atoms with van der Waals surface area (Å²) in [6, 6.07) is 0. The van der Waals surface area contributed by atoms with Crippen LogP contribution in [0.15, 0.2) is 0 Å². The molecular weight excluding hydrogens is 166 g/mol. The van der Waals surface area contributed by atoms with E-state index in [1.807, 2.05) is 13.8 Å². The second kappa shape index (κ2) is 3.76. The molecule has 0 aliphatic carbocycles. The number of aryl methyl sites for hydroxylation is 1. The summed E-state index contributed by atoms with van der Waals surface area (Å²) in [4.78, 5) is 11.3. The molecule has 0 bridgehead atoms. The number of hydrogen-bond donors (Lipinski definition) is 2. The highest BCUT2D eigenvalue weighted by molar-refractivity contribution is 5.93. The fraction of sp³-hybridized carbons (Fsp3) is 0.333. The van der Waals surface area contributed by atoms with Crippen LogP contribution >= 0.6 is 0 Å². The number of aromatic amines is 1. The molecule has 0 saturated carbocycles. The number of rotatable bonds is 2. The zero-order valence-electron chi connectivity index (χ0n) is 7.64. The maximum atomic E-state index is 11.3. The average Bonchev–Trinajstić information content (AvgIpc) is 2.44. The normalized spacial score (nSPS) is 9.31. The van der Waals surface area contributed by atoms with Crippen LogP contribution in [0.4, 0.5) is 0 Å². The van der Waals surface area contributed by atoms with Gasteiger partial charge < -0.3 is 5.32 Å². The first-order valence-electron chi connectivity index (χ1n) is 3.90. The Hall–Kier alpha value is -1.76. The van der Waals surface area contributed by atoms with E-state index in [1.54, 1.807) is 0 Å². The Morgan fingerprint density at radius 2 is 2.38 bits per heavy atom. The van der Waals surface area contributed by atoms with Gasteiger partial charge in [0.25, 0.3) is 5.91 Å². The second-order valence-corrected chi connectivity index (χ2v) is 2.71. The van der Waals surface area contributed by atoms with E-state index in [2.05, 4.69) is 21.4 Å². The second-order valence-electron chi connectivity index (χ2n) is 2.71. The number of carbonyl (C=O) groups excluding carboxylic acids is 1. The smallest absolute Gasteiger partial charge is 0.272 e. The number of H-pyrrole nitrogens is 1. The van der Waals surface area contributed by atoms with E-state index in [1.165, 1.54) is 0 Å². The first-order valence-corrected chi connectivity index (χ1v) is 3.90. The van der Waals surface area contributed by atoms with E-state index in [-0.39, 0.29) is 12.5 Å². The van der Waals surface area contributed by atoms with Crippen LogP contribution in [0.25, 0.3) is 0 Å². The van der Waals surface area contributed by atoms with Crippen LogP contribution in [0.5, 0.6) is 0 Å². The minimum Gasteiger partial charge on any atom is -0.340 e. The fourth-order valence-electron chi connectivity index (χ4n) is 0.921. The number of hydrogen-bond acceptors (Lipinski definition) is 2. The fourth-order valence-corrected chi connectivity index (χ4v) is 0.921. The van der Waals surface area contributed by atoms with Crippen molar-refractivity contribution >= 4 is 5.91 Å². The first-order chi connectivity index (χ1) is 6.16. The molecule has 1 rings (SSSR count). The van der Waals surface area contributed by atoms with Gasteiger partial charge in [-0.15, -0.1) is 6.42 Å². The molecule has 1 aromatic rings. The van der Waals surface area contributed by atoms with Gasteiger partial charge in [0.05, 0.1) is 6.54 Å². The molecule has 0 saturated heterocycles. The summed E-state index contributed by atoms with van der Waals surface area (Å²) in [5.74, 6) is 2.09. The van der Waals surface area contributed by atoms with Crippen molar-refractivity contribution in [1.29, 1.82) is 0 Å². The van der Waals surface area contributed by atoms with Gasteiger partial charge in [-0.25, -0.2) is 0 Å². The summed E-state index contributed by atoms with van der Waals surface area (Å²) >= 11 is 0. The third-order valence-electron chi connectivity index (χ3n) is 1.82. The van der Waals surface area contributed by atoms with Crippen LogP contribution in [0, 0.1) is 26.2 Å². The lowest BCUT2D eigenvalue weighted by Gasteiger charge is -1.97. The van der Waals surface area contributed by atoms with Crippen LogP contribution in [-0.4, -0.2) is 22.6 Å². The lowest BCUT2D eigenvalue weighted by molar-refractivity contribution is 0.0953. The molecule has 4 nitrogen and oxygen atoms in total.